The van der Waals surface area contributed by atoms with Crippen LogP contribution in [0.25, 0.3) is 0 Å². The van der Waals surface area contributed by atoms with Crippen molar-refractivity contribution in [3.05, 3.63) is 95.1 Å². The number of aliphatic carboxylic acids is 2. The third-order valence-corrected chi connectivity index (χ3v) is 7.25. The van der Waals surface area contributed by atoms with Crippen molar-refractivity contribution >= 4 is 23.9 Å². The summed E-state index contributed by atoms with van der Waals surface area (Å²) in [6.45, 7) is 1.61. The molecule has 3 atom stereocenters. The number of ether oxygens (including phenoxy) is 4. The van der Waals surface area contributed by atoms with E-state index in [1.165, 1.54) is 68.8 Å². The first-order chi connectivity index (χ1) is 21.9. The molecule has 1 fully saturated rings. The highest BCUT2D eigenvalue weighted by atomic mass is 19.2. The number of methoxy groups -OCH3 is 2. The van der Waals surface area contributed by atoms with Crippen molar-refractivity contribution in [1.29, 1.82) is 0 Å². The molecule has 0 spiro atoms. The predicted octanol–water partition coefficient (Wildman–Crippen LogP) is 3.20. The monoisotopic (exact) mass is 645 g/mol. The molecule has 1 aliphatic heterocycles. The Labute approximate surface area is 262 Å². The summed E-state index contributed by atoms with van der Waals surface area (Å²) in [4.78, 5) is 47.6. The Hall–Kier alpha value is -5.08. The molecule has 0 bridgehead atoms. The largest absolute Gasteiger partial charge is 0.497 e. The van der Waals surface area contributed by atoms with Crippen LogP contribution in [0.15, 0.2) is 66.7 Å². The molecule has 1 aliphatic rings. The number of aliphatic hydroxyl groups excluding tert-OH is 1. The van der Waals surface area contributed by atoms with Gasteiger partial charge in [0.15, 0.2) is 11.6 Å². The fraction of sp³-hybridized carbons (Fsp3) is 0.312. The molecule has 46 heavy (non-hydrogen) atoms. The molecular weight excluding hydrogens is 612 g/mol. The maximum absolute atomic E-state index is 13.2. The average Bonchev–Trinajstić information content (AvgIpc) is 3.53. The zero-order chi connectivity index (χ0) is 33.9. The fourth-order valence-electron chi connectivity index (χ4n) is 4.69. The number of nitrogens with one attached hydrogen (secondary N) is 1. The predicted molar refractivity (Wildman–Crippen MR) is 157 cm³/mol. The highest BCUT2D eigenvalue weighted by Gasteiger charge is 2.41. The van der Waals surface area contributed by atoms with E-state index in [4.69, 9.17) is 24.1 Å². The third kappa shape index (κ3) is 8.99. The molecule has 1 unspecified atom stereocenters. The van der Waals surface area contributed by atoms with Crippen molar-refractivity contribution in [3.8, 4) is 11.5 Å². The minimum Gasteiger partial charge on any atom is -0.497 e. The number of rotatable bonds is 12. The number of hydrogen-bond acceptors (Lipinski definition) is 10. The molecule has 0 saturated carbocycles. The number of carboxylic acid groups (broad SMARTS) is 2. The van der Waals surface area contributed by atoms with Gasteiger partial charge in [-0.1, -0.05) is 6.07 Å². The van der Waals surface area contributed by atoms with Crippen LogP contribution in [0, 0.1) is 11.6 Å². The minimum absolute atomic E-state index is 0.0485. The standard InChI is InChI=1S/C20H18O10.C12H15F2NO/c1-27-13-7-3-11(4-8-13)19(25)29-15(17(21)22)16(18(23)24)30-20(26)12-5-9-14(28-2)10-6-12;13-10-2-1-9(7-11(10)14)12(4-6-16)3-5-15-8-12/h3-10,15-16H,1-2H3,(H,21,22)(H,23,24);1-2,7,15-16H,3-6,8H2/t15-,16-;/m1./s1. The van der Waals surface area contributed by atoms with Gasteiger partial charge >= 0.3 is 23.9 Å². The Balaban J connectivity index is 0.000000300. The molecular formula is C32H33F2NO11. The summed E-state index contributed by atoms with van der Waals surface area (Å²) < 4.78 is 45.6. The normalized spacial score (nSPS) is 16.6. The van der Waals surface area contributed by atoms with Gasteiger partial charge in [-0.15, -0.1) is 0 Å². The Kier molecular flexibility index (Phi) is 12.5. The molecule has 3 aromatic rings. The lowest BCUT2D eigenvalue weighted by Crippen LogP contribution is -2.45. The number of benzene rings is 3. The van der Waals surface area contributed by atoms with Crippen LogP contribution in [0.5, 0.6) is 11.5 Å². The maximum atomic E-state index is 13.2. The third-order valence-electron chi connectivity index (χ3n) is 7.25. The van der Waals surface area contributed by atoms with Crippen molar-refractivity contribution in [2.24, 2.45) is 0 Å². The number of carboxylic acids is 2. The first-order valence-electron chi connectivity index (χ1n) is 13.9. The van der Waals surface area contributed by atoms with Crippen LogP contribution in [0.4, 0.5) is 8.78 Å². The van der Waals surface area contributed by atoms with E-state index in [0.717, 1.165) is 24.6 Å². The second-order valence-electron chi connectivity index (χ2n) is 10.1. The average molecular weight is 646 g/mol. The molecule has 12 nitrogen and oxygen atoms in total. The van der Waals surface area contributed by atoms with Crippen molar-refractivity contribution in [1.82, 2.24) is 5.32 Å². The van der Waals surface area contributed by atoms with Crippen molar-refractivity contribution < 1.29 is 62.2 Å². The summed E-state index contributed by atoms with van der Waals surface area (Å²) in [6, 6.07) is 15.0. The van der Waals surface area contributed by atoms with Gasteiger partial charge < -0.3 is 39.6 Å². The highest BCUT2D eigenvalue weighted by Crippen LogP contribution is 2.34. The second kappa shape index (κ2) is 16.3. The second-order valence-corrected chi connectivity index (χ2v) is 10.1. The van der Waals surface area contributed by atoms with Gasteiger partial charge in [-0.05, 0) is 85.6 Å². The van der Waals surface area contributed by atoms with Gasteiger partial charge in [0.05, 0.1) is 25.3 Å². The van der Waals surface area contributed by atoms with E-state index in [0.29, 0.717) is 24.5 Å². The first kappa shape index (κ1) is 35.4. The Morgan fingerprint density at radius 1 is 0.783 bits per heavy atom. The molecule has 14 heteroatoms. The Morgan fingerprint density at radius 3 is 1.61 bits per heavy atom. The van der Waals surface area contributed by atoms with Crippen LogP contribution < -0.4 is 14.8 Å². The van der Waals surface area contributed by atoms with Crippen LogP contribution in [-0.4, -0.2) is 85.3 Å². The van der Waals surface area contributed by atoms with E-state index in [2.05, 4.69) is 5.32 Å². The number of esters is 2. The summed E-state index contributed by atoms with van der Waals surface area (Å²) >= 11 is 0. The molecule has 1 saturated heterocycles. The first-order valence-corrected chi connectivity index (χ1v) is 13.9. The van der Waals surface area contributed by atoms with E-state index in [9.17, 15) is 38.2 Å². The lowest BCUT2D eigenvalue weighted by atomic mass is 9.77. The topological polar surface area (TPSA) is 178 Å². The summed E-state index contributed by atoms with van der Waals surface area (Å²) in [6.07, 6.45) is -3.14. The molecule has 0 aliphatic carbocycles. The number of carbonyl (C=O) groups is 4. The van der Waals surface area contributed by atoms with Crippen LogP contribution in [0.3, 0.4) is 0 Å². The Bertz CT molecular complexity index is 1430. The van der Waals surface area contributed by atoms with Gasteiger partial charge in [-0.25, -0.2) is 28.0 Å². The van der Waals surface area contributed by atoms with Crippen molar-refractivity contribution in [2.75, 3.05) is 33.9 Å². The number of aliphatic hydroxyl groups is 1. The molecule has 0 aromatic heterocycles. The number of carbonyl (C=O) groups excluding carboxylic acids is 2. The van der Waals surface area contributed by atoms with Crippen LogP contribution in [0.2, 0.25) is 0 Å². The molecule has 246 valence electrons. The maximum Gasteiger partial charge on any atom is 0.349 e. The number of halogens is 2. The van der Waals surface area contributed by atoms with Gasteiger partial charge in [0.2, 0.25) is 12.2 Å². The summed E-state index contributed by atoms with van der Waals surface area (Å²) in [5.41, 5.74) is 0.425. The summed E-state index contributed by atoms with van der Waals surface area (Å²) in [5, 5.41) is 31.0. The van der Waals surface area contributed by atoms with Gasteiger partial charge in [-0.3, -0.25) is 0 Å². The van der Waals surface area contributed by atoms with Gasteiger partial charge in [-0.2, -0.15) is 0 Å². The molecule has 4 rings (SSSR count). The Morgan fingerprint density at radius 2 is 1.26 bits per heavy atom. The zero-order valence-electron chi connectivity index (χ0n) is 24.9. The SMILES string of the molecule is COc1ccc(C(=O)O[C@@H](C(=O)O)[C@@H](OC(=O)c2ccc(OC)cc2)C(=O)O)cc1.OCCC1(c2ccc(F)c(F)c2)CCNC1. The van der Waals surface area contributed by atoms with E-state index in [1.54, 1.807) is 6.07 Å². The number of hydrogen-bond donors (Lipinski definition) is 4. The molecule has 4 N–H and O–H groups in total. The van der Waals surface area contributed by atoms with Crippen LogP contribution in [0.1, 0.15) is 39.1 Å². The lowest BCUT2D eigenvalue weighted by Gasteiger charge is -2.28. The highest BCUT2D eigenvalue weighted by molar-refractivity contribution is 5.95. The smallest absolute Gasteiger partial charge is 0.349 e. The van der Waals surface area contributed by atoms with E-state index < -0.39 is 47.7 Å². The lowest BCUT2D eigenvalue weighted by molar-refractivity contribution is -0.166. The van der Waals surface area contributed by atoms with E-state index in [-0.39, 0.29) is 23.1 Å². The van der Waals surface area contributed by atoms with Crippen molar-refractivity contribution in [2.45, 2.75) is 30.5 Å². The molecule has 0 radical (unpaired) electrons. The quantitative estimate of drug-likeness (QED) is 0.212. The zero-order valence-corrected chi connectivity index (χ0v) is 24.9. The molecule has 0 amide bonds. The summed E-state index contributed by atoms with van der Waals surface area (Å²) in [5.74, 6) is -6.58. The van der Waals surface area contributed by atoms with Gasteiger partial charge in [0.1, 0.15) is 11.5 Å². The van der Waals surface area contributed by atoms with E-state index in [1.807, 2.05) is 0 Å². The molecule has 1 heterocycles. The van der Waals surface area contributed by atoms with Gasteiger partial charge in [0.25, 0.3) is 0 Å². The summed E-state index contributed by atoms with van der Waals surface area (Å²) in [7, 11) is 2.84. The van der Waals surface area contributed by atoms with Crippen LogP contribution >= 0.6 is 0 Å². The minimum atomic E-state index is -2.28. The van der Waals surface area contributed by atoms with Crippen molar-refractivity contribution in [3.63, 3.8) is 0 Å². The van der Waals surface area contributed by atoms with E-state index >= 15 is 0 Å². The fourth-order valence-corrected chi connectivity index (χ4v) is 4.69. The van der Waals surface area contributed by atoms with Crippen LogP contribution in [-0.2, 0) is 24.5 Å². The van der Waals surface area contributed by atoms with Gasteiger partial charge in [0, 0.05) is 18.6 Å². The molecule has 3 aromatic carbocycles.